The summed E-state index contributed by atoms with van der Waals surface area (Å²) in [7, 11) is 0. The molecule has 3 rings (SSSR count). The van der Waals surface area contributed by atoms with E-state index in [0.717, 1.165) is 24.1 Å². The highest BCUT2D eigenvalue weighted by Gasteiger charge is 2.23. The summed E-state index contributed by atoms with van der Waals surface area (Å²) in [6.45, 7) is 2.30. The van der Waals surface area contributed by atoms with Crippen LogP contribution >= 0.6 is 34.5 Å². The lowest BCUT2D eigenvalue weighted by Gasteiger charge is -2.31. The van der Waals surface area contributed by atoms with Crippen molar-refractivity contribution in [2.45, 2.75) is 25.9 Å². The zero-order valence-corrected chi connectivity index (χ0v) is 16.5. The van der Waals surface area contributed by atoms with Crippen LogP contribution in [0.2, 0.25) is 10.0 Å². The van der Waals surface area contributed by atoms with Crippen LogP contribution in [0.4, 0.5) is 4.79 Å². The number of rotatable bonds is 6. The highest BCUT2D eigenvalue weighted by atomic mass is 35.5. The topological polar surface area (TPSA) is 51.7 Å². The minimum Gasteiger partial charge on any atom is -0.492 e. The van der Waals surface area contributed by atoms with Gasteiger partial charge in [-0.15, -0.1) is 11.3 Å². The van der Waals surface area contributed by atoms with Gasteiger partial charge in [0.25, 0.3) is 0 Å². The molecule has 1 aromatic carbocycles. The summed E-state index contributed by atoms with van der Waals surface area (Å²) >= 11 is 13.5. The molecule has 0 N–H and O–H groups in total. The average molecular weight is 415 g/mol. The van der Waals surface area contributed by atoms with Gasteiger partial charge in [0.1, 0.15) is 12.4 Å². The molecule has 2 aromatic rings. The van der Waals surface area contributed by atoms with Gasteiger partial charge < -0.3 is 14.4 Å². The smallest absolute Gasteiger partial charge is 0.410 e. The highest BCUT2D eigenvalue weighted by Crippen LogP contribution is 2.28. The zero-order valence-electron chi connectivity index (χ0n) is 14.2. The van der Waals surface area contributed by atoms with Crippen LogP contribution in [0.3, 0.4) is 0 Å². The van der Waals surface area contributed by atoms with E-state index in [1.54, 1.807) is 34.8 Å². The Kier molecular flexibility index (Phi) is 7.00. The van der Waals surface area contributed by atoms with Gasteiger partial charge in [0.2, 0.25) is 0 Å². The number of ether oxygens (including phenoxy) is 2. The number of likely N-dealkylation sites (tertiary alicyclic amines) is 1. The van der Waals surface area contributed by atoms with Crippen molar-refractivity contribution in [3.63, 3.8) is 0 Å². The molecule has 0 spiro atoms. The number of carbonyl (C=O) groups excluding carboxylic acids is 1. The van der Waals surface area contributed by atoms with Crippen molar-refractivity contribution in [1.29, 1.82) is 0 Å². The van der Waals surface area contributed by atoms with Crippen LogP contribution in [0.25, 0.3) is 0 Å². The van der Waals surface area contributed by atoms with Crippen LogP contribution in [-0.2, 0) is 11.3 Å². The van der Waals surface area contributed by atoms with E-state index in [1.807, 2.05) is 0 Å². The molecule has 1 aromatic heterocycles. The van der Waals surface area contributed by atoms with E-state index >= 15 is 0 Å². The third kappa shape index (κ3) is 5.50. The van der Waals surface area contributed by atoms with E-state index in [9.17, 15) is 4.79 Å². The molecule has 26 heavy (non-hydrogen) atoms. The fourth-order valence-electron chi connectivity index (χ4n) is 2.87. The number of amides is 1. The first-order chi connectivity index (χ1) is 12.6. The second-order valence-electron chi connectivity index (χ2n) is 6.16. The lowest BCUT2D eigenvalue weighted by Crippen LogP contribution is -2.39. The van der Waals surface area contributed by atoms with Gasteiger partial charge in [-0.1, -0.05) is 23.2 Å². The van der Waals surface area contributed by atoms with Crippen LogP contribution < -0.4 is 4.74 Å². The Labute approximate surface area is 166 Å². The Morgan fingerprint density at radius 2 is 2.12 bits per heavy atom. The minimum absolute atomic E-state index is 0.251. The van der Waals surface area contributed by atoms with Gasteiger partial charge in [0, 0.05) is 30.4 Å². The summed E-state index contributed by atoms with van der Waals surface area (Å²) < 4.78 is 11.1. The Balaban J connectivity index is 1.35. The summed E-state index contributed by atoms with van der Waals surface area (Å²) in [5, 5.41) is 1.17. The Morgan fingerprint density at radius 1 is 1.31 bits per heavy atom. The first-order valence-electron chi connectivity index (χ1n) is 8.48. The van der Waals surface area contributed by atoms with E-state index in [2.05, 4.69) is 4.98 Å². The van der Waals surface area contributed by atoms with E-state index in [-0.39, 0.29) is 12.7 Å². The first kappa shape index (κ1) is 19.3. The van der Waals surface area contributed by atoms with E-state index < -0.39 is 0 Å². The van der Waals surface area contributed by atoms with Gasteiger partial charge in [-0.2, -0.15) is 0 Å². The van der Waals surface area contributed by atoms with Crippen LogP contribution in [0, 0.1) is 5.92 Å². The molecule has 140 valence electrons. The number of hydrogen-bond acceptors (Lipinski definition) is 5. The second kappa shape index (κ2) is 9.44. The largest absolute Gasteiger partial charge is 0.492 e. The quantitative estimate of drug-likeness (QED) is 0.645. The summed E-state index contributed by atoms with van der Waals surface area (Å²) in [4.78, 5) is 18.8. The van der Waals surface area contributed by atoms with E-state index in [4.69, 9.17) is 32.7 Å². The maximum absolute atomic E-state index is 12.1. The van der Waals surface area contributed by atoms with Crippen LogP contribution in [-0.4, -0.2) is 35.7 Å². The Bertz CT molecular complexity index is 719. The van der Waals surface area contributed by atoms with Gasteiger partial charge in [0.05, 0.1) is 22.0 Å². The molecule has 8 heteroatoms. The molecule has 0 radical (unpaired) electrons. The normalized spacial score (nSPS) is 15.1. The molecule has 0 aliphatic carbocycles. The van der Waals surface area contributed by atoms with Crippen LogP contribution in [0.15, 0.2) is 29.9 Å². The molecule has 2 heterocycles. The SMILES string of the molecule is O=C(OCc1cncs1)N1CCC(CCOc2cc(Cl)ccc2Cl)CC1. The summed E-state index contributed by atoms with van der Waals surface area (Å²) in [5.41, 5.74) is 1.73. The number of aromatic nitrogens is 1. The molecule has 5 nitrogen and oxygen atoms in total. The molecule has 1 saturated heterocycles. The van der Waals surface area contributed by atoms with Gasteiger partial charge >= 0.3 is 6.09 Å². The number of hydrogen-bond donors (Lipinski definition) is 0. The molecule has 1 aliphatic rings. The lowest BCUT2D eigenvalue weighted by molar-refractivity contribution is 0.0807. The third-order valence-corrected chi connectivity index (χ3v) is 5.67. The summed E-state index contributed by atoms with van der Waals surface area (Å²) in [6, 6.07) is 5.20. The maximum Gasteiger partial charge on any atom is 0.410 e. The third-order valence-electron chi connectivity index (χ3n) is 4.37. The second-order valence-corrected chi connectivity index (χ2v) is 7.98. The van der Waals surface area contributed by atoms with Crippen molar-refractivity contribution in [3.05, 3.63) is 44.8 Å². The first-order valence-corrected chi connectivity index (χ1v) is 10.1. The number of halogens is 2. The van der Waals surface area contributed by atoms with Crippen molar-refractivity contribution in [3.8, 4) is 5.75 Å². The standard InChI is InChI=1S/C18H20Cl2N2O3S/c19-14-1-2-16(20)17(9-14)24-8-5-13-3-6-22(7-4-13)18(23)25-11-15-10-21-12-26-15/h1-2,9-10,12-13H,3-8,11H2. The Morgan fingerprint density at radius 3 is 2.85 bits per heavy atom. The van der Waals surface area contributed by atoms with E-state index in [0.29, 0.717) is 41.4 Å². The molecular weight excluding hydrogens is 395 g/mol. The van der Waals surface area contributed by atoms with Crippen LogP contribution in [0.1, 0.15) is 24.1 Å². The lowest BCUT2D eigenvalue weighted by atomic mass is 9.94. The molecular formula is C18H20Cl2N2O3S. The maximum atomic E-state index is 12.1. The van der Waals surface area contributed by atoms with Gasteiger partial charge in [-0.25, -0.2) is 4.79 Å². The minimum atomic E-state index is -0.251. The van der Waals surface area contributed by atoms with Crippen molar-refractivity contribution in [1.82, 2.24) is 9.88 Å². The number of piperidine rings is 1. The average Bonchev–Trinajstić information content (AvgIpc) is 3.17. The zero-order chi connectivity index (χ0) is 18.4. The predicted molar refractivity (Wildman–Crippen MR) is 103 cm³/mol. The number of thiazole rings is 1. The highest BCUT2D eigenvalue weighted by molar-refractivity contribution is 7.09. The van der Waals surface area contributed by atoms with Crippen LogP contribution in [0.5, 0.6) is 5.75 Å². The molecule has 0 saturated carbocycles. The molecule has 1 aliphatic heterocycles. The number of nitrogens with zero attached hydrogens (tertiary/aromatic N) is 2. The number of benzene rings is 1. The van der Waals surface area contributed by atoms with Gasteiger partial charge in [-0.05, 0) is 37.3 Å². The number of carbonyl (C=O) groups is 1. The van der Waals surface area contributed by atoms with Crippen molar-refractivity contribution in [2.75, 3.05) is 19.7 Å². The molecule has 0 atom stereocenters. The fraction of sp³-hybridized carbons (Fsp3) is 0.444. The van der Waals surface area contributed by atoms with Crippen molar-refractivity contribution < 1.29 is 14.3 Å². The summed E-state index contributed by atoms with van der Waals surface area (Å²) in [6.07, 6.45) is 4.28. The Hall–Kier alpha value is -1.50. The van der Waals surface area contributed by atoms with Gasteiger partial charge in [0.15, 0.2) is 0 Å². The van der Waals surface area contributed by atoms with Crippen molar-refractivity contribution >= 4 is 40.6 Å². The predicted octanol–water partition coefficient (Wildman–Crippen LogP) is 5.27. The van der Waals surface area contributed by atoms with Gasteiger partial charge in [-0.3, -0.25) is 4.98 Å². The molecule has 1 fully saturated rings. The van der Waals surface area contributed by atoms with Crippen molar-refractivity contribution in [2.24, 2.45) is 5.92 Å². The monoisotopic (exact) mass is 414 g/mol. The van der Waals surface area contributed by atoms with E-state index in [1.165, 1.54) is 11.3 Å². The molecule has 0 bridgehead atoms. The molecule has 0 unspecified atom stereocenters. The fourth-order valence-corrected chi connectivity index (χ4v) is 3.71. The summed E-state index contributed by atoms with van der Waals surface area (Å²) in [5.74, 6) is 1.14. The molecule has 1 amide bonds.